The first kappa shape index (κ1) is 18.5. The lowest BCUT2D eigenvalue weighted by molar-refractivity contribution is 0.0524. The highest BCUT2D eigenvalue weighted by atomic mass is 35.5. The van der Waals surface area contributed by atoms with Gasteiger partial charge in [-0.25, -0.2) is 4.98 Å². The van der Waals surface area contributed by atoms with Gasteiger partial charge in [-0.15, -0.1) is 12.4 Å². The molecule has 1 saturated heterocycles. The summed E-state index contributed by atoms with van der Waals surface area (Å²) in [6, 6.07) is 5.36. The summed E-state index contributed by atoms with van der Waals surface area (Å²) in [5, 5.41) is 7.37. The van der Waals surface area contributed by atoms with Crippen LogP contribution in [-0.2, 0) is 11.3 Å². The molecule has 3 unspecified atom stereocenters. The highest BCUT2D eigenvalue weighted by Crippen LogP contribution is 2.29. The zero-order valence-corrected chi connectivity index (χ0v) is 14.9. The summed E-state index contributed by atoms with van der Waals surface area (Å²) >= 11 is 0. The highest BCUT2D eigenvalue weighted by Gasteiger charge is 2.34. The van der Waals surface area contributed by atoms with E-state index in [2.05, 4.69) is 27.8 Å². The van der Waals surface area contributed by atoms with Gasteiger partial charge in [0.15, 0.2) is 0 Å². The Morgan fingerprint density at radius 3 is 2.87 bits per heavy atom. The Balaban J connectivity index is 0.00000192. The van der Waals surface area contributed by atoms with Crippen molar-refractivity contribution in [3.05, 3.63) is 23.9 Å². The molecule has 6 heteroatoms. The number of halogens is 1. The van der Waals surface area contributed by atoms with E-state index in [4.69, 9.17) is 4.74 Å². The molecule has 0 aromatic carbocycles. The number of hydrogen-bond donors (Lipinski definition) is 2. The average Bonchev–Trinajstić information content (AvgIpc) is 3.02. The van der Waals surface area contributed by atoms with Crippen molar-refractivity contribution in [2.75, 3.05) is 38.8 Å². The lowest BCUT2D eigenvalue weighted by atomic mass is 9.94. The standard InChI is InChI=1S/C17H28N4O.ClH/c1-21(2)17-7-6-13(11-20-17)10-19-15-5-3-4-14(15)16-12-22-9-8-18-16;/h6-7,11,14-16,18-19H,3-5,8-10,12H2,1-2H3;1H. The number of nitrogens with zero attached hydrogens (tertiary/aromatic N) is 2. The SMILES string of the molecule is CN(C)c1ccc(CNC2CCCC2C2COCCN2)cn1.Cl. The van der Waals surface area contributed by atoms with E-state index in [1.807, 2.05) is 25.2 Å². The molecule has 1 aliphatic heterocycles. The Bertz CT molecular complexity index is 462. The minimum absolute atomic E-state index is 0. The van der Waals surface area contributed by atoms with Crippen molar-refractivity contribution >= 4 is 18.2 Å². The van der Waals surface area contributed by atoms with Gasteiger partial charge in [-0.05, 0) is 30.4 Å². The van der Waals surface area contributed by atoms with Crippen LogP contribution < -0.4 is 15.5 Å². The van der Waals surface area contributed by atoms with Crippen LogP contribution in [0, 0.1) is 5.92 Å². The lowest BCUT2D eigenvalue weighted by Gasteiger charge is -2.33. The second-order valence-electron chi connectivity index (χ2n) is 6.64. The highest BCUT2D eigenvalue weighted by molar-refractivity contribution is 5.85. The van der Waals surface area contributed by atoms with Crippen LogP contribution in [0.15, 0.2) is 18.3 Å². The zero-order valence-electron chi connectivity index (χ0n) is 14.1. The summed E-state index contributed by atoms with van der Waals surface area (Å²) in [6.45, 7) is 3.60. The van der Waals surface area contributed by atoms with Gasteiger partial charge >= 0.3 is 0 Å². The lowest BCUT2D eigenvalue weighted by Crippen LogP contribution is -2.50. The van der Waals surface area contributed by atoms with Gasteiger partial charge in [-0.3, -0.25) is 0 Å². The van der Waals surface area contributed by atoms with E-state index in [1.165, 1.54) is 24.8 Å². The van der Waals surface area contributed by atoms with E-state index >= 15 is 0 Å². The Hall–Kier alpha value is -0.880. The molecule has 1 saturated carbocycles. The fraction of sp³-hybridized carbons (Fsp3) is 0.706. The molecule has 5 nitrogen and oxygen atoms in total. The normalized spacial score (nSPS) is 27.5. The minimum atomic E-state index is 0. The van der Waals surface area contributed by atoms with Gasteiger partial charge in [0, 0.05) is 45.5 Å². The molecule has 23 heavy (non-hydrogen) atoms. The maximum atomic E-state index is 5.64. The van der Waals surface area contributed by atoms with Crippen LogP contribution in [0.25, 0.3) is 0 Å². The molecule has 3 rings (SSSR count). The third-order valence-electron chi connectivity index (χ3n) is 4.87. The first-order valence-corrected chi connectivity index (χ1v) is 8.41. The topological polar surface area (TPSA) is 49.4 Å². The van der Waals surface area contributed by atoms with Crippen LogP contribution in [0.1, 0.15) is 24.8 Å². The monoisotopic (exact) mass is 340 g/mol. The first-order valence-electron chi connectivity index (χ1n) is 8.41. The minimum Gasteiger partial charge on any atom is -0.379 e. The van der Waals surface area contributed by atoms with Crippen LogP contribution in [0.3, 0.4) is 0 Å². The number of aromatic nitrogens is 1. The number of nitrogens with one attached hydrogen (secondary N) is 2. The molecule has 2 fully saturated rings. The van der Waals surface area contributed by atoms with Crippen molar-refractivity contribution in [1.82, 2.24) is 15.6 Å². The second-order valence-corrected chi connectivity index (χ2v) is 6.64. The Morgan fingerprint density at radius 1 is 1.35 bits per heavy atom. The molecule has 0 radical (unpaired) electrons. The number of rotatable bonds is 5. The van der Waals surface area contributed by atoms with E-state index in [1.54, 1.807) is 0 Å². The number of ether oxygens (including phenoxy) is 1. The number of pyridine rings is 1. The van der Waals surface area contributed by atoms with Crippen LogP contribution >= 0.6 is 12.4 Å². The van der Waals surface area contributed by atoms with E-state index < -0.39 is 0 Å². The van der Waals surface area contributed by atoms with Crippen LogP contribution in [0.4, 0.5) is 5.82 Å². The maximum Gasteiger partial charge on any atom is 0.127 e. The van der Waals surface area contributed by atoms with E-state index in [0.29, 0.717) is 18.0 Å². The Morgan fingerprint density at radius 2 is 2.22 bits per heavy atom. The number of hydrogen-bond acceptors (Lipinski definition) is 5. The molecule has 130 valence electrons. The third-order valence-corrected chi connectivity index (χ3v) is 4.87. The van der Waals surface area contributed by atoms with E-state index in [-0.39, 0.29) is 12.4 Å². The summed E-state index contributed by atoms with van der Waals surface area (Å²) in [7, 11) is 4.03. The molecule has 1 aromatic rings. The molecular weight excluding hydrogens is 312 g/mol. The third kappa shape index (κ3) is 4.80. The van der Waals surface area contributed by atoms with Crippen molar-refractivity contribution in [3.8, 4) is 0 Å². The largest absolute Gasteiger partial charge is 0.379 e. The molecule has 0 spiro atoms. The van der Waals surface area contributed by atoms with Crippen molar-refractivity contribution in [2.45, 2.75) is 37.9 Å². The fourth-order valence-electron chi connectivity index (χ4n) is 3.62. The van der Waals surface area contributed by atoms with Gasteiger partial charge in [0.2, 0.25) is 0 Å². The fourth-order valence-corrected chi connectivity index (χ4v) is 3.62. The molecule has 1 aromatic heterocycles. The van der Waals surface area contributed by atoms with Gasteiger partial charge in [0.25, 0.3) is 0 Å². The smallest absolute Gasteiger partial charge is 0.127 e. The molecule has 0 bridgehead atoms. The Labute approximate surface area is 145 Å². The van der Waals surface area contributed by atoms with Crippen molar-refractivity contribution in [3.63, 3.8) is 0 Å². The predicted octanol–water partition coefficient (Wildman–Crippen LogP) is 1.82. The summed E-state index contributed by atoms with van der Waals surface area (Å²) in [5.74, 6) is 1.69. The van der Waals surface area contributed by atoms with Gasteiger partial charge in [0.05, 0.1) is 13.2 Å². The average molecular weight is 341 g/mol. The predicted molar refractivity (Wildman–Crippen MR) is 96.4 cm³/mol. The molecular formula is C17H29ClN4O. The summed E-state index contributed by atoms with van der Waals surface area (Å²) in [5.41, 5.74) is 1.25. The molecule has 2 aliphatic rings. The van der Waals surface area contributed by atoms with Gasteiger partial charge < -0.3 is 20.3 Å². The second kappa shape index (κ2) is 8.83. The van der Waals surface area contributed by atoms with Crippen LogP contribution in [0.2, 0.25) is 0 Å². The van der Waals surface area contributed by atoms with Gasteiger partial charge in [-0.1, -0.05) is 12.5 Å². The van der Waals surface area contributed by atoms with Gasteiger partial charge in [-0.2, -0.15) is 0 Å². The zero-order chi connectivity index (χ0) is 15.4. The summed E-state index contributed by atoms with van der Waals surface area (Å²) < 4.78 is 5.64. The molecule has 1 aliphatic carbocycles. The van der Waals surface area contributed by atoms with Crippen molar-refractivity contribution in [2.24, 2.45) is 5.92 Å². The van der Waals surface area contributed by atoms with Gasteiger partial charge in [0.1, 0.15) is 5.82 Å². The molecule has 3 atom stereocenters. The van der Waals surface area contributed by atoms with Crippen molar-refractivity contribution < 1.29 is 4.74 Å². The molecule has 2 heterocycles. The van der Waals surface area contributed by atoms with Crippen molar-refractivity contribution in [1.29, 1.82) is 0 Å². The van der Waals surface area contributed by atoms with Crippen LogP contribution in [0.5, 0.6) is 0 Å². The first-order chi connectivity index (χ1) is 10.7. The molecule has 0 amide bonds. The van der Waals surface area contributed by atoms with E-state index in [0.717, 1.165) is 32.1 Å². The number of anilines is 1. The maximum absolute atomic E-state index is 5.64. The summed E-state index contributed by atoms with van der Waals surface area (Å²) in [4.78, 5) is 6.51. The van der Waals surface area contributed by atoms with Crippen LogP contribution in [-0.4, -0.2) is 50.9 Å². The summed E-state index contributed by atoms with van der Waals surface area (Å²) in [6.07, 6.45) is 5.87. The Kier molecular flexibility index (Phi) is 7.09. The quantitative estimate of drug-likeness (QED) is 0.856. The molecule has 2 N–H and O–H groups in total. The number of morpholine rings is 1. The van der Waals surface area contributed by atoms with E-state index in [9.17, 15) is 0 Å².